The molecule has 5 nitrogen and oxygen atoms in total. The van der Waals surface area contributed by atoms with Crippen molar-refractivity contribution in [2.45, 2.75) is 19.4 Å². The summed E-state index contributed by atoms with van der Waals surface area (Å²) in [5.41, 5.74) is 2.29. The lowest BCUT2D eigenvalue weighted by atomic mass is 10.0. The Kier molecular flexibility index (Phi) is 3.62. The lowest BCUT2D eigenvalue weighted by Gasteiger charge is -2.23. The molecule has 2 aliphatic heterocycles. The highest BCUT2D eigenvalue weighted by molar-refractivity contribution is 6.32. The SMILES string of the molecule is Cc1c(C(=O)N2CC[C@H]3CNC[C@H]32)cnn1-c1ccccc1Cl. The molecule has 0 spiro atoms. The number of rotatable bonds is 2. The molecule has 6 heteroatoms. The summed E-state index contributed by atoms with van der Waals surface area (Å²) in [5, 5.41) is 8.40. The van der Waals surface area contributed by atoms with Crippen molar-refractivity contribution in [3.63, 3.8) is 0 Å². The molecule has 0 saturated carbocycles. The molecular formula is C17H19ClN4O. The van der Waals surface area contributed by atoms with Gasteiger partial charge in [0.2, 0.25) is 0 Å². The molecule has 120 valence electrons. The van der Waals surface area contributed by atoms with E-state index in [0.717, 1.165) is 37.4 Å². The van der Waals surface area contributed by atoms with Crippen LogP contribution in [0.4, 0.5) is 0 Å². The van der Waals surface area contributed by atoms with Crippen molar-refractivity contribution < 1.29 is 4.79 Å². The van der Waals surface area contributed by atoms with Gasteiger partial charge in [0.15, 0.2) is 0 Å². The van der Waals surface area contributed by atoms with Gasteiger partial charge < -0.3 is 10.2 Å². The van der Waals surface area contributed by atoms with Gasteiger partial charge >= 0.3 is 0 Å². The second-order valence-electron chi connectivity index (χ2n) is 6.28. The van der Waals surface area contributed by atoms with Crippen molar-refractivity contribution in [2.75, 3.05) is 19.6 Å². The quantitative estimate of drug-likeness (QED) is 0.919. The van der Waals surface area contributed by atoms with Gasteiger partial charge in [0.05, 0.1) is 28.2 Å². The maximum absolute atomic E-state index is 13.0. The van der Waals surface area contributed by atoms with E-state index in [1.807, 2.05) is 36.1 Å². The molecule has 1 aromatic carbocycles. The topological polar surface area (TPSA) is 50.2 Å². The molecule has 2 aliphatic rings. The minimum atomic E-state index is 0.0806. The van der Waals surface area contributed by atoms with Gasteiger partial charge in [0.1, 0.15) is 0 Å². The third-order valence-electron chi connectivity index (χ3n) is 5.03. The van der Waals surface area contributed by atoms with Crippen LogP contribution < -0.4 is 5.32 Å². The van der Waals surface area contributed by atoms with Crippen molar-refractivity contribution >= 4 is 17.5 Å². The lowest BCUT2D eigenvalue weighted by molar-refractivity contribution is 0.0736. The first-order valence-corrected chi connectivity index (χ1v) is 8.36. The highest BCUT2D eigenvalue weighted by Gasteiger charge is 2.40. The molecule has 2 atom stereocenters. The molecule has 0 bridgehead atoms. The van der Waals surface area contributed by atoms with E-state index in [1.54, 1.807) is 10.9 Å². The zero-order valence-electron chi connectivity index (χ0n) is 13.0. The Bertz CT molecular complexity index is 757. The van der Waals surface area contributed by atoms with Gasteiger partial charge in [-0.1, -0.05) is 23.7 Å². The van der Waals surface area contributed by atoms with Crippen LogP contribution in [0.3, 0.4) is 0 Å². The van der Waals surface area contributed by atoms with Crippen LogP contribution in [0.1, 0.15) is 22.5 Å². The van der Waals surface area contributed by atoms with Crippen molar-refractivity contribution in [3.05, 3.63) is 46.7 Å². The lowest BCUT2D eigenvalue weighted by Crippen LogP contribution is -2.39. The molecule has 0 aliphatic carbocycles. The predicted octanol–water partition coefficient (Wildman–Crippen LogP) is 2.27. The Morgan fingerprint density at radius 2 is 2.17 bits per heavy atom. The number of hydrogen-bond acceptors (Lipinski definition) is 3. The van der Waals surface area contributed by atoms with E-state index in [2.05, 4.69) is 10.4 Å². The summed E-state index contributed by atoms with van der Waals surface area (Å²) in [4.78, 5) is 15.0. The average molecular weight is 331 g/mol. The van der Waals surface area contributed by atoms with E-state index in [-0.39, 0.29) is 5.91 Å². The fourth-order valence-corrected chi connectivity index (χ4v) is 3.96. The highest BCUT2D eigenvalue weighted by Crippen LogP contribution is 2.29. The summed E-state index contributed by atoms with van der Waals surface area (Å²) in [6, 6.07) is 7.86. The number of carbonyl (C=O) groups excluding carboxylic acids is 1. The maximum Gasteiger partial charge on any atom is 0.257 e. The number of nitrogens with one attached hydrogen (secondary N) is 1. The number of carbonyl (C=O) groups is 1. The molecule has 0 unspecified atom stereocenters. The molecule has 3 heterocycles. The second-order valence-corrected chi connectivity index (χ2v) is 6.69. The smallest absolute Gasteiger partial charge is 0.257 e. The van der Waals surface area contributed by atoms with Crippen LogP contribution in [0.25, 0.3) is 5.69 Å². The van der Waals surface area contributed by atoms with Crippen LogP contribution in [-0.4, -0.2) is 46.3 Å². The van der Waals surface area contributed by atoms with Gasteiger partial charge in [-0.2, -0.15) is 5.10 Å². The first-order valence-electron chi connectivity index (χ1n) is 7.98. The van der Waals surface area contributed by atoms with E-state index in [4.69, 9.17) is 11.6 Å². The molecule has 0 radical (unpaired) electrons. The van der Waals surface area contributed by atoms with E-state index < -0.39 is 0 Å². The number of aromatic nitrogens is 2. The molecular weight excluding hydrogens is 312 g/mol. The zero-order chi connectivity index (χ0) is 16.0. The van der Waals surface area contributed by atoms with Gasteiger partial charge in [-0.3, -0.25) is 4.79 Å². The van der Waals surface area contributed by atoms with Crippen molar-refractivity contribution in [1.82, 2.24) is 20.0 Å². The van der Waals surface area contributed by atoms with Crippen molar-refractivity contribution in [3.8, 4) is 5.69 Å². The Balaban J connectivity index is 1.66. The summed E-state index contributed by atoms with van der Waals surface area (Å²) in [7, 11) is 0. The summed E-state index contributed by atoms with van der Waals surface area (Å²) in [6.07, 6.45) is 2.75. The largest absolute Gasteiger partial charge is 0.334 e. The van der Waals surface area contributed by atoms with Crippen LogP contribution in [0, 0.1) is 12.8 Å². The number of amides is 1. The van der Waals surface area contributed by atoms with E-state index in [9.17, 15) is 4.79 Å². The van der Waals surface area contributed by atoms with Gasteiger partial charge in [0.25, 0.3) is 5.91 Å². The molecule has 1 amide bonds. The van der Waals surface area contributed by atoms with Crippen LogP contribution in [-0.2, 0) is 0 Å². The summed E-state index contributed by atoms with van der Waals surface area (Å²) in [5.74, 6) is 0.676. The van der Waals surface area contributed by atoms with Crippen molar-refractivity contribution in [1.29, 1.82) is 0 Å². The van der Waals surface area contributed by atoms with Gasteiger partial charge in [-0.05, 0) is 31.4 Å². The molecule has 2 aromatic rings. The number of likely N-dealkylation sites (tertiary alicyclic amines) is 1. The summed E-state index contributed by atoms with van der Waals surface area (Å²) >= 11 is 6.26. The Morgan fingerprint density at radius 3 is 3.00 bits per heavy atom. The summed E-state index contributed by atoms with van der Waals surface area (Å²) in [6.45, 7) is 4.68. The number of hydrogen-bond donors (Lipinski definition) is 1. The molecule has 1 aromatic heterocycles. The molecule has 23 heavy (non-hydrogen) atoms. The van der Waals surface area contributed by atoms with Crippen LogP contribution >= 0.6 is 11.6 Å². The second kappa shape index (κ2) is 5.65. The number of halogens is 1. The minimum Gasteiger partial charge on any atom is -0.334 e. The van der Waals surface area contributed by atoms with E-state index in [1.165, 1.54) is 0 Å². The van der Waals surface area contributed by atoms with E-state index >= 15 is 0 Å². The van der Waals surface area contributed by atoms with E-state index in [0.29, 0.717) is 22.5 Å². The van der Waals surface area contributed by atoms with Gasteiger partial charge in [0, 0.05) is 25.7 Å². The molecule has 1 N–H and O–H groups in total. The standard InChI is InChI=1S/C17H19ClN4O/c1-11-13(9-20-22(11)15-5-3-2-4-14(15)18)17(23)21-7-6-12-8-19-10-16(12)21/h2-5,9,12,16,19H,6-8,10H2,1H3/t12-,16+/m0/s1. The van der Waals surface area contributed by atoms with Crippen LogP contribution in [0.15, 0.2) is 30.5 Å². The molecule has 2 saturated heterocycles. The fraction of sp³-hybridized carbons (Fsp3) is 0.412. The Morgan fingerprint density at radius 1 is 1.35 bits per heavy atom. The third kappa shape index (κ3) is 2.35. The highest BCUT2D eigenvalue weighted by atomic mass is 35.5. The summed E-state index contributed by atoms with van der Waals surface area (Å²) < 4.78 is 1.75. The zero-order valence-corrected chi connectivity index (χ0v) is 13.8. The third-order valence-corrected chi connectivity index (χ3v) is 5.35. The number of fused-ring (bicyclic) bond motifs is 1. The first kappa shape index (κ1) is 14.7. The van der Waals surface area contributed by atoms with Crippen LogP contribution in [0.2, 0.25) is 5.02 Å². The number of benzene rings is 1. The molecule has 4 rings (SSSR count). The molecule has 2 fully saturated rings. The normalized spacial score (nSPS) is 23.3. The number of para-hydroxylation sites is 1. The number of nitrogens with zero attached hydrogens (tertiary/aromatic N) is 3. The minimum absolute atomic E-state index is 0.0806. The maximum atomic E-state index is 13.0. The monoisotopic (exact) mass is 330 g/mol. The van der Waals surface area contributed by atoms with Crippen molar-refractivity contribution in [2.24, 2.45) is 5.92 Å². The average Bonchev–Trinajstić information content (AvgIpc) is 3.22. The first-order chi connectivity index (χ1) is 11.2. The van der Waals surface area contributed by atoms with Gasteiger partial charge in [-0.15, -0.1) is 0 Å². The fourth-order valence-electron chi connectivity index (χ4n) is 3.74. The van der Waals surface area contributed by atoms with Crippen LogP contribution in [0.5, 0.6) is 0 Å². The Labute approximate surface area is 140 Å². The van der Waals surface area contributed by atoms with Gasteiger partial charge in [-0.25, -0.2) is 4.68 Å². The predicted molar refractivity (Wildman–Crippen MR) is 89.1 cm³/mol. The Hall–Kier alpha value is -1.85.